The lowest BCUT2D eigenvalue weighted by Gasteiger charge is -2.19. The van der Waals surface area contributed by atoms with Crippen LogP contribution in [0.25, 0.3) is 0 Å². The number of ketones is 1. The number of epoxide rings is 2. The van der Waals surface area contributed by atoms with Crippen LogP contribution < -0.4 is 0 Å². The number of carbonyl (C=O) groups excluding carboxylic acids is 2. The monoisotopic (exact) mass is 376 g/mol. The summed E-state index contributed by atoms with van der Waals surface area (Å²) in [6.07, 6.45) is 11.6. The van der Waals surface area contributed by atoms with Crippen LogP contribution in [0.2, 0.25) is 0 Å². The molecule has 150 valence electrons. The smallest absolute Gasteiger partial charge is 0.305 e. The Hall–Kier alpha value is -1.20. The van der Waals surface area contributed by atoms with Crippen molar-refractivity contribution in [3.63, 3.8) is 0 Å². The molecule has 4 aliphatic rings. The van der Waals surface area contributed by atoms with Gasteiger partial charge in [0.05, 0.1) is 31.0 Å². The van der Waals surface area contributed by atoms with Crippen LogP contribution >= 0.6 is 0 Å². The molecule has 0 amide bonds. The van der Waals surface area contributed by atoms with Gasteiger partial charge in [0.1, 0.15) is 0 Å². The second-order valence-electron chi connectivity index (χ2n) is 8.91. The lowest BCUT2D eigenvalue weighted by molar-refractivity contribution is -0.145. The highest BCUT2D eigenvalue weighted by atomic mass is 16.6. The SMILES string of the molecule is C=C(CC1CCC2OC2C1)C(=O)CCCCC(=O)OCC1CCC2OC2C1. The van der Waals surface area contributed by atoms with E-state index in [9.17, 15) is 9.59 Å². The molecule has 4 rings (SSSR count). The fraction of sp³-hybridized carbons (Fsp3) is 0.818. The van der Waals surface area contributed by atoms with E-state index in [0.29, 0.717) is 62.1 Å². The molecular formula is C22H32O5. The van der Waals surface area contributed by atoms with Crippen molar-refractivity contribution in [3.05, 3.63) is 12.2 Å². The van der Waals surface area contributed by atoms with Gasteiger partial charge >= 0.3 is 5.97 Å². The normalized spacial score (nSPS) is 36.3. The van der Waals surface area contributed by atoms with Crippen molar-refractivity contribution in [2.75, 3.05) is 6.61 Å². The average Bonchev–Trinajstić information content (AvgIpc) is 3.56. The molecule has 0 spiro atoms. The Balaban J connectivity index is 1.03. The number of fused-ring (bicyclic) bond motifs is 2. The Kier molecular flexibility index (Phi) is 5.98. The minimum atomic E-state index is -0.138. The number of ether oxygens (including phenoxy) is 3. The van der Waals surface area contributed by atoms with E-state index in [0.717, 1.165) is 56.9 Å². The third-order valence-electron chi connectivity index (χ3n) is 6.67. The highest BCUT2D eigenvalue weighted by Gasteiger charge is 2.44. The predicted octanol–water partition coefficient (Wildman–Crippen LogP) is 3.74. The fourth-order valence-electron chi connectivity index (χ4n) is 4.79. The summed E-state index contributed by atoms with van der Waals surface area (Å²) in [6.45, 7) is 4.52. The standard InChI is InChI=1S/C22H32O5/c1-14(10-15-6-8-18-20(11-15)26-18)17(23)4-2-3-5-22(24)25-13-16-7-9-19-21(12-16)27-19/h15-16,18-21H,1-13H2. The number of unbranched alkanes of at least 4 members (excludes halogenated alkanes) is 1. The Bertz CT molecular complexity index is 585. The molecule has 0 aromatic carbocycles. The molecule has 0 N–H and O–H groups in total. The lowest BCUT2D eigenvalue weighted by Crippen LogP contribution is -2.20. The van der Waals surface area contributed by atoms with Gasteiger partial charge < -0.3 is 14.2 Å². The van der Waals surface area contributed by atoms with Crippen molar-refractivity contribution in [1.82, 2.24) is 0 Å². The number of allylic oxidation sites excluding steroid dienone is 1. The van der Waals surface area contributed by atoms with E-state index < -0.39 is 0 Å². The topological polar surface area (TPSA) is 68.4 Å². The Morgan fingerprint density at radius 1 is 0.852 bits per heavy atom. The first kappa shape index (κ1) is 19.1. The zero-order valence-electron chi connectivity index (χ0n) is 16.2. The highest BCUT2D eigenvalue weighted by molar-refractivity contribution is 5.94. The summed E-state index contributed by atoms with van der Waals surface area (Å²) in [7, 11) is 0. The Morgan fingerprint density at radius 2 is 1.48 bits per heavy atom. The summed E-state index contributed by atoms with van der Waals surface area (Å²) in [6, 6.07) is 0. The van der Waals surface area contributed by atoms with Crippen LogP contribution in [0.15, 0.2) is 12.2 Å². The highest BCUT2D eigenvalue weighted by Crippen LogP contribution is 2.41. The largest absolute Gasteiger partial charge is 0.465 e. The molecule has 0 radical (unpaired) electrons. The second-order valence-corrected chi connectivity index (χ2v) is 8.91. The molecule has 2 aliphatic carbocycles. The summed E-state index contributed by atoms with van der Waals surface area (Å²) in [5, 5.41) is 0. The van der Waals surface area contributed by atoms with Crippen molar-refractivity contribution >= 4 is 11.8 Å². The summed E-state index contributed by atoms with van der Waals surface area (Å²) < 4.78 is 16.5. The van der Waals surface area contributed by atoms with Gasteiger partial charge in [0.25, 0.3) is 0 Å². The summed E-state index contributed by atoms with van der Waals surface area (Å²) >= 11 is 0. The molecular weight excluding hydrogens is 344 g/mol. The van der Waals surface area contributed by atoms with Crippen molar-refractivity contribution in [3.8, 4) is 0 Å². The Morgan fingerprint density at radius 3 is 2.19 bits per heavy atom. The van der Waals surface area contributed by atoms with Crippen LogP contribution in [0.1, 0.15) is 70.6 Å². The zero-order chi connectivity index (χ0) is 18.8. The molecule has 2 saturated heterocycles. The molecule has 4 fully saturated rings. The third kappa shape index (κ3) is 5.41. The van der Waals surface area contributed by atoms with Crippen LogP contribution in [-0.2, 0) is 23.8 Å². The Labute approximate surface area is 161 Å². The van der Waals surface area contributed by atoms with Gasteiger partial charge in [-0.25, -0.2) is 0 Å². The number of rotatable bonds is 10. The van der Waals surface area contributed by atoms with Crippen LogP contribution in [0, 0.1) is 11.8 Å². The molecule has 0 aromatic rings. The van der Waals surface area contributed by atoms with Gasteiger partial charge in [-0.2, -0.15) is 0 Å². The van der Waals surface area contributed by atoms with E-state index in [1.807, 2.05) is 0 Å². The number of carbonyl (C=O) groups is 2. The van der Waals surface area contributed by atoms with Gasteiger partial charge in [-0.3, -0.25) is 9.59 Å². The van der Waals surface area contributed by atoms with Crippen molar-refractivity contribution in [2.45, 2.75) is 95.0 Å². The molecule has 5 heteroatoms. The predicted molar refractivity (Wildman–Crippen MR) is 100 cm³/mol. The molecule has 6 unspecified atom stereocenters. The fourth-order valence-corrected chi connectivity index (χ4v) is 4.79. The maximum Gasteiger partial charge on any atom is 0.305 e. The van der Waals surface area contributed by atoms with Gasteiger partial charge in [-0.05, 0) is 75.2 Å². The minimum Gasteiger partial charge on any atom is -0.465 e. The third-order valence-corrected chi connectivity index (χ3v) is 6.67. The molecule has 2 saturated carbocycles. The summed E-state index contributed by atoms with van der Waals surface area (Å²) in [5.41, 5.74) is 0.750. The quantitative estimate of drug-likeness (QED) is 0.251. The summed E-state index contributed by atoms with van der Waals surface area (Å²) in [4.78, 5) is 24.1. The molecule has 2 heterocycles. The second kappa shape index (κ2) is 8.44. The minimum absolute atomic E-state index is 0.138. The van der Waals surface area contributed by atoms with E-state index >= 15 is 0 Å². The van der Waals surface area contributed by atoms with E-state index in [2.05, 4.69) is 6.58 Å². The zero-order valence-corrected chi connectivity index (χ0v) is 16.2. The lowest BCUT2D eigenvalue weighted by atomic mass is 9.84. The average molecular weight is 376 g/mol. The molecule has 0 bridgehead atoms. The number of esters is 1. The number of hydrogen-bond donors (Lipinski definition) is 0. The molecule has 27 heavy (non-hydrogen) atoms. The first-order chi connectivity index (χ1) is 13.1. The van der Waals surface area contributed by atoms with Gasteiger partial charge in [-0.15, -0.1) is 0 Å². The van der Waals surface area contributed by atoms with Crippen molar-refractivity contribution in [2.24, 2.45) is 11.8 Å². The molecule has 0 aromatic heterocycles. The number of hydrogen-bond acceptors (Lipinski definition) is 5. The van der Waals surface area contributed by atoms with E-state index in [1.165, 1.54) is 0 Å². The van der Waals surface area contributed by atoms with Gasteiger partial charge in [-0.1, -0.05) is 6.58 Å². The molecule has 6 atom stereocenters. The first-order valence-corrected chi connectivity index (χ1v) is 10.8. The van der Waals surface area contributed by atoms with Gasteiger partial charge in [0.2, 0.25) is 0 Å². The maximum absolute atomic E-state index is 12.3. The van der Waals surface area contributed by atoms with E-state index in [4.69, 9.17) is 14.2 Å². The molecule has 2 aliphatic heterocycles. The van der Waals surface area contributed by atoms with Crippen LogP contribution in [-0.4, -0.2) is 42.8 Å². The van der Waals surface area contributed by atoms with Crippen molar-refractivity contribution in [1.29, 1.82) is 0 Å². The van der Waals surface area contributed by atoms with E-state index in [-0.39, 0.29) is 11.8 Å². The summed E-state index contributed by atoms with van der Waals surface area (Å²) in [5.74, 6) is 1.03. The van der Waals surface area contributed by atoms with Crippen LogP contribution in [0.5, 0.6) is 0 Å². The van der Waals surface area contributed by atoms with Gasteiger partial charge in [0.15, 0.2) is 5.78 Å². The van der Waals surface area contributed by atoms with Crippen LogP contribution in [0.3, 0.4) is 0 Å². The van der Waals surface area contributed by atoms with Crippen LogP contribution in [0.4, 0.5) is 0 Å². The van der Waals surface area contributed by atoms with Gasteiger partial charge in [0, 0.05) is 12.8 Å². The first-order valence-electron chi connectivity index (χ1n) is 10.8. The molecule has 5 nitrogen and oxygen atoms in total. The number of Topliss-reactive ketones (excluding diaryl/α,β-unsaturated/α-hetero) is 1. The maximum atomic E-state index is 12.3. The van der Waals surface area contributed by atoms with Crippen molar-refractivity contribution < 1.29 is 23.8 Å². The van der Waals surface area contributed by atoms with E-state index in [1.54, 1.807) is 0 Å².